The number of hydrogen-bond donors (Lipinski definition) is 0. The number of halogens is 2. The molecule has 5 heteroatoms. The number of imidazole rings is 1. The molecule has 0 N–H and O–H groups in total. The zero-order chi connectivity index (χ0) is 13.4. The standard InChI is InChI=1S/C14H17Cl2N3/c1-18(10-5-6-10)7-8-19-12-4-2-3-11(16)14(12)17-13(19)9-15/h2-4,10H,5-9H2,1H3. The number of aromatic nitrogens is 2. The minimum atomic E-state index is 0.415. The third-order valence-corrected chi connectivity index (χ3v) is 4.32. The van der Waals surface area contributed by atoms with Crippen LogP contribution in [0.1, 0.15) is 18.7 Å². The molecule has 1 fully saturated rings. The molecule has 0 atom stereocenters. The van der Waals surface area contributed by atoms with Crippen LogP contribution in [0.15, 0.2) is 18.2 Å². The number of para-hydroxylation sites is 1. The smallest absolute Gasteiger partial charge is 0.124 e. The molecule has 0 bridgehead atoms. The van der Waals surface area contributed by atoms with Gasteiger partial charge in [-0.3, -0.25) is 0 Å². The zero-order valence-electron chi connectivity index (χ0n) is 10.9. The Morgan fingerprint density at radius 1 is 1.42 bits per heavy atom. The average Bonchev–Trinajstić information content (AvgIpc) is 3.19. The summed E-state index contributed by atoms with van der Waals surface area (Å²) in [4.78, 5) is 6.96. The number of benzene rings is 1. The Morgan fingerprint density at radius 2 is 2.21 bits per heavy atom. The number of likely N-dealkylation sites (N-methyl/N-ethyl adjacent to an activating group) is 1. The molecule has 102 valence electrons. The molecule has 0 aliphatic heterocycles. The summed E-state index contributed by atoms with van der Waals surface area (Å²) < 4.78 is 2.19. The van der Waals surface area contributed by atoms with Crippen molar-refractivity contribution >= 4 is 34.2 Å². The van der Waals surface area contributed by atoms with Crippen molar-refractivity contribution in [2.45, 2.75) is 31.3 Å². The van der Waals surface area contributed by atoms with E-state index in [-0.39, 0.29) is 0 Å². The molecule has 1 aliphatic carbocycles. The number of alkyl halides is 1. The van der Waals surface area contributed by atoms with Crippen molar-refractivity contribution in [1.82, 2.24) is 14.5 Å². The van der Waals surface area contributed by atoms with Gasteiger partial charge in [0, 0.05) is 19.1 Å². The van der Waals surface area contributed by atoms with Gasteiger partial charge in [-0.05, 0) is 32.0 Å². The highest BCUT2D eigenvalue weighted by molar-refractivity contribution is 6.35. The largest absolute Gasteiger partial charge is 0.326 e. The molecule has 2 aromatic rings. The van der Waals surface area contributed by atoms with Crippen LogP contribution >= 0.6 is 23.2 Å². The maximum atomic E-state index is 6.19. The summed E-state index contributed by atoms with van der Waals surface area (Å²) in [5.74, 6) is 1.31. The lowest BCUT2D eigenvalue weighted by molar-refractivity contribution is 0.309. The molecule has 1 aromatic carbocycles. The average molecular weight is 298 g/mol. The molecule has 0 radical (unpaired) electrons. The Hall–Kier alpha value is -0.770. The summed E-state index contributed by atoms with van der Waals surface area (Å²) in [6.45, 7) is 1.93. The summed E-state index contributed by atoms with van der Waals surface area (Å²) in [6, 6.07) is 6.67. The van der Waals surface area contributed by atoms with E-state index in [1.807, 2.05) is 12.1 Å². The van der Waals surface area contributed by atoms with Gasteiger partial charge in [-0.1, -0.05) is 17.7 Å². The lowest BCUT2D eigenvalue weighted by atomic mass is 10.3. The molecule has 1 heterocycles. The minimum Gasteiger partial charge on any atom is -0.326 e. The van der Waals surface area contributed by atoms with Crippen LogP contribution in [0, 0.1) is 0 Å². The van der Waals surface area contributed by atoms with Gasteiger partial charge in [-0.25, -0.2) is 4.98 Å². The van der Waals surface area contributed by atoms with Crippen molar-refractivity contribution in [1.29, 1.82) is 0 Å². The third-order valence-electron chi connectivity index (χ3n) is 3.77. The van der Waals surface area contributed by atoms with Crippen LogP contribution in [0.4, 0.5) is 0 Å². The fraction of sp³-hybridized carbons (Fsp3) is 0.500. The van der Waals surface area contributed by atoms with E-state index in [1.54, 1.807) is 0 Å². The number of fused-ring (bicyclic) bond motifs is 1. The molecule has 3 rings (SSSR count). The summed E-state index contributed by atoms with van der Waals surface area (Å²) >= 11 is 12.2. The Bertz CT molecular complexity index is 590. The van der Waals surface area contributed by atoms with E-state index in [1.165, 1.54) is 12.8 Å². The fourth-order valence-corrected chi connectivity index (χ4v) is 2.88. The van der Waals surface area contributed by atoms with Gasteiger partial charge in [0.25, 0.3) is 0 Å². The van der Waals surface area contributed by atoms with Crippen molar-refractivity contribution in [3.8, 4) is 0 Å². The molecule has 1 aliphatic rings. The van der Waals surface area contributed by atoms with Gasteiger partial charge in [0.05, 0.1) is 16.4 Å². The highest BCUT2D eigenvalue weighted by Gasteiger charge is 2.25. The molecule has 1 saturated carbocycles. The van der Waals surface area contributed by atoms with Gasteiger partial charge in [0.15, 0.2) is 0 Å². The normalized spacial score (nSPS) is 15.6. The maximum Gasteiger partial charge on any atom is 0.124 e. The van der Waals surface area contributed by atoms with Gasteiger partial charge in [0.1, 0.15) is 11.3 Å². The molecule has 0 amide bonds. The summed E-state index contributed by atoms with van der Waals surface area (Å²) in [5, 5.41) is 0.693. The van der Waals surface area contributed by atoms with Crippen LogP contribution in [0.25, 0.3) is 11.0 Å². The summed E-state index contributed by atoms with van der Waals surface area (Å²) in [7, 11) is 2.18. The van der Waals surface area contributed by atoms with Gasteiger partial charge in [-0.2, -0.15) is 0 Å². The summed E-state index contributed by atoms with van der Waals surface area (Å²) in [6.07, 6.45) is 2.66. The second-order valence-corrected chi connectivity index (χ2v) is 5.81. The van der Waals surface area contributed by atoms with E-state index >= 15 is 0 Å². The Morgan fingerprint density at radius 3 is 2.89 bits per heavy atom. The van der Waals surface area contributed by atoms with Crippen molar-refractivity contribution in [2.24, 2.45) is 0 Å². The Balaban J connectivity index is 1.89. The van der Waals surface area contributed by atoms with E-state index in [0.717, 1.165) is 36.0 Å². The van der Waals surface area contributed by atoms with Crippen molar-refractivity contribution in [3.63, 3.8) is 0 Å². The monoisotopic (exact) mass is 297 g/mol. The van der Waals surface area contributed by atoms with Crippen LogP contribution in [-0.2, 0) is 12.4 Å². The highest BCUT2D eigenvalue weighted by atomic mass is 35.5. The lowest BCUT2D eigenvalue weighted by Crippen LogP contribution is -2.25. The van der Waals surface area contributed by atoms with Gasteiger partial charge >= 0.3 is 0 Å². The van der Waals surface area contributed by atoms with Crippen molar-refractivity contribution in [3.05, 3.63) is 29.0 Å². The quantitative estimate of drug-likeness (QED) is 0.787. The van der Waals surface area contributed by atoms with E-state index in [9.17, 15) is 0 Å². The van der Waals surface area contributed by atoms with Gasteiger partial charge in [-0.15, -0.1) is 11.6 Å². The topological polar surface area (TPSA) is 21.1 Å². The zero-order valence-corrected chi connectivity index (χ0v) is 12.5. The highest BCUT2D eigenvalue weighted by Crippen LogP contribution is 2.27. The second kappa shape index (κ2) is 5.31. The Kier molecular flexibility index (Phi) is 3.70. The molecule has 19 heavy (non-hydrogen) atoms. The molecule has 3 nitrogen and oxygen atoms in total. The third kappa shape index (κ3) is 2.60. The first-order chi connectivity index (χ1) is 9.20. The van der Waals surface area contributed by atoms with Crippen LogP contribution in [0.5, 0.6) is 0 Å². The molecule has 0 spiro atoms. The van der Waals surface area contributed by atoms with Crippen LogP contribution in [0.3, 0.4) is 0 Å². The first kappa shape index (κ1) is 13.2. The van der Waals surface area contributed by atoms with E-state index in [2.05, 4.69) is 27.6 Å². The minimum absolute atomic E-state index is 0.415. The molecule has 0 saturated heterocycles. The van der Waals surface area contributed by atoms with E-state index in [4.69, 9.17) is 23.2 Å². The van der Waals surface area contributed by atoms with E-state index < -0.39 is 0 Å². The van der Waals surface area contributed by atoms with Crippen LogP contribution in [0.2, 0.25) is 5.02 Å². The molecular formula is C14H17Cl2N3. The SMILES string of the molecule is CN(CCn1c(CCl)nc2c(Cl)cccc21)C1CC1. The first-order valence-corrected chi connectivity index (χ1v) is 7.52. The van der Waals surface area contributed by atoms with Crippen LogP contribution < -0.4 is 0 Å². The number of rotatable bonds is 5. The molecule has 0 unspecified atom stereocenters. The summed E-state index contributed by atoms with van der Waals surface area (Å²) in [5.41, 5.74) is 1.93. The van der Waals surface area contributed by atoms with Gasteiger partial charge in [0.2, 0.25) is 0 Å². The Labute approximate surface area is 123 Å². The predicted molar refractivity (Wildman–Crippen MR) is 80.0 cm³/mol. The molecular weight excluding hydrogens is 281 g/mol. The second-order valence-electron chi connectivity index (χ2n) is 5.13. The van der Waals surface area contributed by atoms with Crippen molar-refractivity contribution < 1.29 is 0 Å². The lowest BCUT2D eigenvalue weighted by Gasteiger charge is -2.17. The van der Waals surface area contributed by atoms with Crippen molar-refractivity contribution in [2.75, 3.05) is 13.6 Å². The van der Waals surface area contributed by atoms with Gasteiger partial charge < -0.3 is 9.47 Å². The maximum absolute atomic E-state index is 6.19. The van der Waals surface area contributed by atoms with Crippen LogP contribution in [-0.4, -0.2) is 34.1 Å². The first-order valence-electron chi connectivity index (χ1n) is 6.60. The fourth-order valence-electron chi connectivity index (χ4n) is 2.47. The number of hydrogen-bond acceptors (Lipinski definition) is 2. The number of nitrogens with zero attached hydrogens (tertiary/aromatic N) is 3. The molecule has 1 aromatic heterocycles. The predicted octanol–water partition coefficient (Wildman–Crippen LogP) is 3.52. The van der Waals surface area contributed by atoms with E-state index in [0.29, 0.717) is 10.9 Å².